The van der Waals surface area contributed by atoms with Crippen LogP contribution in [0.1, 0.15) is 27.2 Å². The molecule has 5 nitrogen and oxygen atoms in total. The van der Waals surface area contributed by atoms with Crippen molar-refractivity contribution in [2.45, 2.75) is 26.3 Å². The lowest BCUT2D eigenvalue weighted by atomic mass is 10.1. The number of aromatic nitrogens is 3. The van der Waals surface area contributed by atoms with Gasteiger partial charge in [-0.25, -0.2) is 4.98 Å². The first-order valence-corrected chi connectivity index (χ1v) is 6.29. The second kappa shape index (κ2) is 4.95. The highest BCUT2D eigenvalue weighted by Crippen LogP contribution is 2.26. The van der Waals surface area contributed by atoms with Crippen molar-refractivity contribution in [1.29, 1.82) is 0 Å². The molecule has 2 aromatic heterocycles. The molecule has 0 fully saturated rings. The summed E-state index contributed by atoms with van der Waals surface area (Å²) in [5, 5.41) is 5.23. The highest BCUT2D eigenvalue weighted by Gasteiger charge is 2.17. The van der Waals surface area contributed by atoms with Gasteiger partial charge in [0.1, 0.15) is 0 Å². The molecule has 0 amide bonds. The molecule has 6 heteroatoms. The van der Waals surface area contributed by atoms with E-state index in [1.54, 1.807) is 16.0 Å². The Morgan fingerprint density at radius 2 is 2.29 bits per heavy atom. The molecule has 0 saturated heterocycles. The van der Waals surface area contributed by atoms with Crippen LogP contribution in [0.5, 0.6) is 0 Å². The monoisotopic (exact) mass is 251 g/mol. The van der Waals surface area contributed by atoms with E-state index < -0.39 is 0 Å². The molecule has 1 atom stereocenters. The van der Waals surface area contributed by atoms with Crippen molar-refractivity contribution in [3.05, 3.63) is 33.5 Å². The van der Waals surface area contributed by atoms with Gasteiger partial charge in [0.05, 0.1) is 22.9 Å². The smallest absolute Gasteiger partial charge is 0.0900 e. The van der Waals surface area contributed by atoms with E-state index in [1.165, 1.54) is 10.4 Å². The molecule has 0 aliphatic rings. The van der Waals surface area contributed by atoms with Gasteiger partial charge in [0.25, 0.3) is 0 Å². The normalized spacial score (nSPS) is 12.9. The van der Waals surface area contributed by atoms with Gasteiger partial charge in [0.15, 0.2) is 0 Å². The van der Waals surface area contributed by atoms with Gasteiger partial charge in [-0.3, -0.25) is 16.0 Å². The Kier molecular flexibility index (Phi) is 3.56. The van der Waals surface area contributed by atoms with Crippen LogP contribution in [0.3, 0.4) is 0 Å². The molecular weight excluding hydrogens is 234 g/mol. The summed E-state index contributed by atoms with van der Waals surface area (Å²) in [7, 11) is 1.91. The van der Waals surface area contributed by atoms with Crippen molar-refractivity contribution in [3.63, 3.8) is 0 Å². The predicted molar refractivity (Wildman–Crippen MR) is 68.6 cm³/mol. The number of hydrogen-bond acceptors (Lipinski definition) is 5. The number of hydrogen-bond donors (Lipinski definition) is 2. The number of rotatable bonds is 4. The first-order valence-electron chi connectivity index (χ1n) is 5.47. The van der Waals surface area contributed by atoms with Crippen LogP contribution < -0.4 is 11.3 Å². The van der Waals surface area contributed by atoms with Crippen molar-refractivity contribution in [2.24, 2.45) is 12.9 Å². The molecule has 17 heavy (non-hydrogen) atoms. The minimum Gasteiger partial charge on any atom is -0.276 e. The number of nitrogens with one attached hydrogen (secondary N) is 1. The Labute approximate surface area is 105 Å². The topological polar surface area (TPSA) is 68.8 Å². The molecule has 0 radical (unpaired) electrons. The SMILES string of the molecule is Cc1nc(C)c(C(Cc2cnn(C)c2)NN)s1. The van der Waals surface area contributed by atoms with Crippen LogP contribution in [0.25, 0.3) is 0 Å². The van der Waals surface area contributed by atoms with E-state index in [0.717, 1.165) is 17.1 Å². The summed E-state index contributed by atoms with van der Waals surface area (Å²) in [4.78, 5) is 5.63. The summed E-state index contributed by atoms with van der Waals surface area (Å²) >= 11 is 1.69. The molecule has 2 heterocycles. The molecule has 0 saturated carbocycles. The van der Waals surface area contributed by atoms with Gasteiger partial charge in [-0.15, -0.1) is 11.3 Å². The van der Waals surface area contributed by atoms with E-state index in [4.69, 9.17) is 5.84 Å². The van der Waals surface area contributed by atoms with E-state index >= 15 is 0 Å². The van der Waals surface area contributed by atoms with Gasteiger partial charge in [-0.05, 0) is 25.8 Å². The van der Waals surface area contributed by atoms with E-state index in [9.17, 15) is 0 Å². The van der Waals surface area contributed by atoms with Crippen LogP contribution in [0.4, 0.5) is 0 Å². The molecular formula is C11H17N5S. The predicted octanol–water partition coefficient (Wildman–Crippen LogP) is 1.24. The lowest BCUT2D eigenvalue weighted by Crippen LogP contribution is -2.29. The van der Waals surface area contributed by atoms with E-state index in [0.29, 0.717) is 0 Å². The Morgan fingerprint density at radius 3 is 2.76 bits per heavy atom. The molecule has 1 unspecified atom stereocenters. The van der Waals surface area contributed by atoms with Gasteiger partial charge >= 0.3 is 0 Å². The number of hydrazine groups is 1. The Balaban J connectivity index is 2.19. The zero-order valence-electron chi connectivity index (χ0n) is 10.3. The average Bonchev–Trinajstić information content (AvgIpc) is 2.82. The Bertz CT molecular complexity index is 502. The Morgan fingerprint density at radius 1 is 1.53 bits per heavy atom. The van der Waals surface area contributed by atoms with Gasteiger partial charge in [-0.2, -0.15) is 5.10 Å². The van der Waals surface area contributed by atoms with Gasteiger partial charge < -0.3 is 0 Å². The minimum absolute atomic E-state index is 0.102. The molecule has 2 rings (SSSR count). The standard InChI is InChI=1S/C11H17N5S/c1-7-11(17-8(2)14-7)10(15-12)4-9-5-13-16(3)6-9/h5-6,10,15H,4,12H2,1-3H3. The highest BCUT2D eigenvalue weighted by atomic mass is 32.1. The van der Waals surface area contributed by atoms with Crippen molar-refractivity contribution >= 4 is 11.3 Å². The van der Waals surface area contributed by atoms with E-state index in [2.05, 4.69) is 15.5 Å². The molecule has 92 valence electrons. The van der Waals surface area contributed by atoms with Crippen LogP contribution in [0, 0.1) is 13.8 Å². The fraction of sp³-hybridized carbons (Fsp3) is 0.455. The van der Waals surface area contributed by atoms with Crippen LogP contribution in [-0.2, 0) is 13.5 Å². The lowest BCUT2D eigenvalue weighted by molar-refractivity contribution is 0.557. The van der Waals surface area contributed by atoms with Crippen molar-refractivity contribution in [3.8, 4) is 0 Å². The van der Waals surface area contributed by atoms with E-state index in [1.807, 2.05) is 33.3 Å². The zero-order chi connectivity index (χ0) is 12.4. The maximum Gasteiger partial charge on any atom is 0.0900 e. The lowest BCUT2D eigenvalue weighted by Gasteiger charge is -2.13. The Hall–Kier alpha value is -1.24. The molecule has 0 spiro atoms. The summed E-state index contributed by atoms with van der Waals surface area (Å²) in [5.41, 5.74) is 5.09. The molecule has 0 aromatic carbocycles. The summed E-state index contributed by atoms with van der Waals surface area (Å²) in [6.07, 6.45) is 4.70. The molecule has 0 aliphatic carbocycles. The number of nitrogens with two attached hydrogens (primary N) is 1. The largest absolute Gasteiger partial charge is 0.276 e. The maximum atomic E-state index is 5.64. The van der Waals surface area contributed by atoms with Gasteiger partial charge in [-0.1, -0.05) is 0 Å². The second-order valence-corrected chi connectivity index (χ2v) is 5.36. The number of aryl methyl sites for hydroxylation is 3. The molecule has 3 N–H and O–H groups in total. The third-order valence-electron chi connectivity index (χ3n) is 2.66. The fourth-order valence-corrected chi connectivity index (χ4v) is 2.90. The first-order chi connectivity index (χ1) is 8.10. The average molecular weight is 251 g/mol. The van der Waals surface area contributed by atoms with Crippen molar-refractivity contribution < 1.29 is 0 Å². The van der Waals surface area contributed by atoms with Crippen molar-refractivity contribution in [2.75, 3.05) is 0 Å². The second-order valence-electron chi connectivity index (χ2n) is 4.13. The first kappa shape index (κ1) is 12.2. The molecule has 2 aromatic rings. The molecule has 0 aliphatic heterocycles. The van der Waals surface area contributed by atoms with Crippen LogP contribution in [0.2, 0.25) is 0 Å². The van der Waals surface area contributed by atoms with E-state index in [-0.39, 0.29) is 6.04 Å². The third-order valence-corrected chi connectivity index (χ3v) is 3.84. The summed E-state index contributed by atoms with van der Waals surface area (Å²) < 4.78 is 1.80. The zero-order valence-corrected chi connectivity index (χ0v) is 11.1. The minimum atomic E-state index is 0.102. The van der Waals surface area contributed by atoms with Crippen LogP contribution >= 0.6 is 11.3 Å². The highest BCUT2D eigenvalue weighted by molar-refractivity contribution is 7.11. The number of thiazole rings is 1. The summed E-state index contributed by atoms with van der Waals surface area (Å²) in [6, 6.07) is 0.102. The molecule has 0 bridgehead atoms. The third kappa shape index (κ3) is 2.71. The van der Waals surface area contributed by atoms with Gasteiger partial charge in [0, 0.05) is 18.1 Å². The van der Waals surface area contributed by atoms with Gasteiger partial charge in [0.2, 0.25) is 0 Å². The maximum absolute atomic E-state index is 5.64. The van der Waals surface area contributed by atoms with Crippen molar-refractivity contribution in [1.82, 2.24) is 20.2 Å². The summed E-state index contributed by atoms with van der Waals surface area (Å²) in [6.45, 7) is 4.03. The fourth-order valence-electron chi connectivity index (χ4n) is 1.91. The van der Waals surface area contributed by atoms with Crippen LogP contribution in [-0.4, -0.2) is 14.8 Å². The quantitative estimate of drug-likeness (QED) is 0.633. The number of nitrogens with zero attached hydrogens (tertiary/aromatic N) is 3. The van der Waals surface area contributed by atoms with Crippen LogP contribution in [0.15, 0.2) is 12.4 Å². The summed E-state index contributed by atoms with van der Waals surface area (Å²) in [5.74, 6) is 5.64.